The topological polar surface area (TPSA) is 46.5 Å². The quantitative estimate of drug-likeness (QED) is 0.448. The molecule has 0 rings (SSSR count). The Morgan fingerprint density at radius 2 is 1.71 bits per heavy atom. The Morgan fingerprint density at radius 3 is 1.93 bits per heavy atom. The van der Waals surface area contributed by atoms with Crippen LogP contribution in [0.25, 0.3) is 0 Å². The number of hydrogen-bond donors (Lipinski definition) is 1. The van der Waals surface area contributed by atoms with E-state index in [1.54, 1.807) is 0 Å². The predicted octanol–water partition coefficient (Wildman–Crippen LogP) is 1.80. The molecule has 0 radical (unpaired) electrons. The zero-order chi connectivity index (χ0) is 11.6. The second kappa shape index (κ2) is 3.81. The molecule has 0 aliphatic heterocycles. The summed E-state index contributed by atoms with van der Waals surface area (Å²) in [6, 6.07) is 0. The molecule has 0 aromatic heterocycles. The van der Waals surface area contributed by atoms with E-state index >= 15 is 0 Å². The highest BCUT2D eigenvalue weighted by Gasteiger charge is 2.61. The summed E-state index contributed by atoms with van der Waals surface area (Å²) in [7, 11) is 0.522. The van der Waals surface area contributed by atoms with Crippen molar-refractivity contribution in [1.82, 2.24) is 0 Å². The maximum atomic E-state index is 12.4. The van der Waals surface area contributed by atoms with E-state index in [-0.39, 0.29) is 6.08 Å². The lowest BCUT2D eigenvalue weighted by atomic mass is 10.2. The zero-order valence-electron chi connectivity index (χ0n) is 6.73. The number of alkyl halides is 5. The number of ether oxygens (including phenoxy) is 1. The van der Waals surface area contributed by atoms with Crippen LogP contribution in [-0.4, -0.2) is 30.3 Å². The number of allylic oxidation sites excluding steroid dienone is 1. The average molecular weight is 220 g/mol. The number of hydrogen-bond acceptors (Lipinski definition) is 2. The van der Waals surface area contributed by atoms with Crippen molar-refractivity contribution in [3.63, 3.8) is 0 Å². The van der Waals surface area contributed by atoms with Gasteiger partial charge in [-0.15, -0.1) is 0 Å². The van der Waals surface area contributed by atoms with Gasteiger partial charge in [-0.1, -0.05) is 0 Å². The first-order chi connectivity index (χ1) is 6.13. The SMILES string of the molecule is CO/C(=C/C(=O)O)C(F)(F)C(F)(F)F. The summed E-state index contributed by atoms with van der Waals surface area (Å²) in [5.41, 5.74) is 0. The van der Waals surface area contributed by atoms with Gasteiger partial charge in [0.1, 0.15) is 0 Å². The smallest absolute Gasteiger partial charge is 0.461 e. The lowest BCUT2D eigenvalue weighted by molar-refractivity contribution is -0.275. The van der Waals surface area contributed by atoms with E-state index < -0.39 is 23.8 Å². The lowest BCUT2D eigenvalue weighted by Crippen LogP contribution is -2.39. The van der Waals surface area contributed by atoms with E-state index in [0.29, 0.717) is 7.11 Å². The molecule has 0 bridgehead atoms. The van der Waals surface area contributed by atoms with E-state index in [1.807, 2.05) is 0 Å². The van der Waals surface area contributed by atoms with Gasteiger partial charge in [0.2, 0.25) is 0 Å². The van der Waals surface area contributed by atoms with Crippen LogP contribution in [0, 0.1) is 0 Å². The molecule has 0 aliphatic carbocycles. The molecule has 0 saturated carbocycles. The fraction of sp³-hybridized carbons (Fsp3) is 0.500. The largest absolute Gasteiger partial charge is 0.494 e. The number of methoxy groups -OCH3 is 1. The summed E-state index contributed by atoms with van der Waals surface area (Å²) >= 11 is 0. The van der Waals surface area contributed by atoms with Gasteiger partial charge in [-0.25, -0.2) is 4.79 Å². The van der Waals surface area contributed by atoms with E-state index in [2.05, 4.69) is 4.74 Å². The van der Waals surface area contributed by atoms with E-state index in [9.17, 15) is 26.7 Å². The van der Waals surface area contributed by atoms with Crippen LogP contribution in [0.3, 0.4) is 0 Å². The van der Waals surface area contributed by atoms with Gasteiger partial charge in [-0.2, -0.15) is 22.0 Å². The summed E-state index contributed by atoms with van der Waals surface area (Å²) in [5, 5.41) is 7.99. The van der Waals surface area contributed by atoms with Gasteiger partial charge < -0.3 is 9.84 Å². The maximum absolute atomic E-state index is 12.4. The average Bonchev–Trinajstić information content (AvgIpc) is 1.97. The molecule has 8 heteroatoms. The molecule has 0 fully saturated rings. The molecule has 0 spiro atoms. The molecule has 0 heterocycles. The van der Waals surface area contributed by atoms with E-state index in [0.717, 1.165) is 0 Å². The van der Waals surface area contributed by atoms with Gasteiger partial charge in [-0.3, -0.25) is 0 Å². The van der Waals surface area contributed by atoms with E-state index in [1.165, 1.54) is 0 Å². The van der Waals surface area contributed by atoms with Gasteiger partial charge in [0.05, 0.1) is 13.2 Å². The van der Waals surface area contributed by atoms with Crippen molar-refractivity contribution < 1.29 is 36.6 Å². The van der Waals surface area contributed by atoms with Crippen LogP contribution in [0.5, 0.6) is 0 Å². The van der Waals surface area contributed by atoms with Gasteiger partial charge >= 0.3 is 18.1 Å². The summed E-state index contributed by atoms with van der Waals surface area (Å²) in [4.78, 5) is 9.89. The van der Waals surface area contributed by atoms with Crippen LogP contribution < -0.4 is 0 Å². The predicted molar refractivity (Wildman–Crippen MR) is 33.7 cm³/mol. The van der Waals surface area contributed by atoms with Crippen molar-refractivity contribution in [1.29, 1.82) is 0 Å². The van der Waals surface area contributed by atoms with Gasteiger partial charge in [0, 0.05) is 0 Å². The first-order valence-electron chi connectivity index (χ1n) is 3.06. The van der Waals surface area contributed by atoms with Crippen LogP contribution in [0.1, 0.15) is 0 Å². The highest BCUT2D eigenvalue weighted by Crippen LogP contribution is 2.41. The van der Waals surface area contributed by atoms with Gasteiger partial charge in [0.15, 0.2) is 5.76 Å². The Balaban J connectivity index is 5.14. The van der Waals surface area contributed by atoms with E-state index in [4.69, 9.17) is 5.11 Å². The monoisotopic (exact) mass is 220 g/mol. The second-order valence-corrected chi connectivity index (χ2v) is 2.12. The summed E-state index contributed by atoms with van der Waals surface area (Å²) < 4.78 is 63.4. The molecule has 0 saturated heterocycles. The minimum Gasteiger partial charge on any atom is -0.494 e. The normalized spacial score (nSPS) is 14.0. The van der Waals surface area contributed by atoms with Crippen molar-refractivity contribution >= 4 is 5.97 Å². The number of halogens is 5. The van der Waals surface area contributed by atoms with Crippen LogP contribution in [0.15, 0.2) is 11.8 Å². The third-order valence-electron chi connectivity index (χ3n) is 1.14. The first kappa shape index (κ1) is 12.7. The van der Waals surface area contributed by atoms with Crippen LogP contribution in [-0.2, 0) is 9.53 Å². The Morgan fingerprint density at radius 1 is 1.29 bits per heavy atom. The standard InChI is InChI=1S/C6H5F5O3/c1-14-3(2-4(12)13)5(7,8)6(9,10)11/h2H,1H3,(H,12,13)/b3-2+. The number of carboxylic acid groups (broad SMARTS) is 1. The van der Waals surface area contributed by atoms with Crippen molar-refractivity contribution in [2.75, 3.05) is 7.11 Å². The summed E-state index contributed by atoms with van der Waals surface area (Å²) in [5.74, 6) is -9.22. The third-order valence-corrected chi connectivity index (χ3v) is 1.14. The fourth-order valence-corrected chi connectivity index (χ4v) is 0.530. The molecule has 0 unspecified atom stereocenters. The highest BCUT2D eigenvalue weighted by atomic mass is 19.4. The van der Waals surface area contributed by atoms with Crippen molar-refractivity contribution in [3.05, 3.63) is 11.8 Å². The number of carbonyl (C=O) groups is 1. The highest BCUT2D eigenvalue weighted by molar-refractivity contribution is 5.80. The Hall–Kier alpha value is -1.34. The van der Waals surface area contributed by atoms with Crippen molar-refractivity contribution in [2.45, 2.75) is 12.1 Å². The van der Waals surface area contributed by atoms with Gasteiger partial charge in [0.25, 0.3) is 0 Å². The van der Waals surface area contributed by atoms with Gasteiger partial charge in [-0.05, 0) is 0 Å². The number of rotatable bonds is 3. The number of aliphatic carboxylic acids is 1. The fourth-order valence-electron chi connectivity index (χ4n) is 0.530. The van der Waals surface area contributed by atoms with Crippen LogP contribution in [0.4, 0.5) is 22.0 Å². The Kier molecular flexibility index (Phi) is 3.44. The molecule has 0 aromatic rings. The second-order valence-electron chi connectivity index (χ2n) is 2.12. The number of carboxylic acids is 1. The molecule has 0 atom stereocenters. The Bertz CT molecular complexity index is 255. The Labute approximate surface area is 74.8 Å². The molecular weight excluding hydrogens is 215 g/mol. The molecular formula is C6H5F5O3. The maximum Gasteiger partial charge on any atom is 0.461 e. The molecule has 82 valence electrons. The molecule has 1 N–H and O–H groups in total. The molecule has 14 heavy (non-hydrogen) atoms. The minimum absolute atomic E-state index is 0.340. The lowest BCUT2D eigenvalue weighted by Gasteiger charge is -2.20. The summed E-state index contributed by atoms with van der Waals surface area (Å²) in [6.07, 6.45) is -6.22. The molecule has 0 aliphatic rings. The van der Waals surface area contributed by atoms with Crippen molar-refractivity contribution in [3.8, 4) is 0 Å². The molecule has 0 amide bonds. The molecule has 0 aromatic carbocycles. The first-order valence-corrected chi connectivity index (χ1v) is 3.06. The summed E-state index contributed by atoms with van der Waals surface area (Å²) in [6.45, 7) is 0. The minimum atomic E-state index is -5.88. The zero-order valence-corrected chi connectivity index (χ0v) is 6.73. The third kappa shape index (κ3) is 2.57. The molecule has 3 nitrogen and oxygen atoms in total. The van der Waals surface area contributed by atoms with Crippen molar-refractivity contribution in [2.24, 2.45) is 0 Å². The van der Waals surface area contributed by atoms with Crippen LogP contribution >= 0.6 is 0 Å². The van der Waals surface area contributed by atoms with Crippen LogP contribution in [0.2, 0.25) is 0 Å².